The number of hydrogen-bond donors (Lipinski definition) is 2. The summed E-state index contributed by atoms with van der Waals surface area (Å²) in [4.78, 5) is 23.2. The van der Waals surface area contributed by atoms with Gasteiger partial charge >= 0.3 is 0 Å². The largest absolute Gasteiger partial charge is 0.490 e. The maximum absolute atomic E-state index is 12.3. The second-order valence-electron chi connectivity index (χ2n) is 7.50. The van der Waals surface area contributed by atoms with Gasteiger partial charge in [-0.2, -0.15) is 0 Å². The van der Waals surface area contributed by atoms with Crippen LogP contribution in [0.1, 0.15) is 38.7 Å². The van der Waals surface area contributed by atoms with Gasteiger partial charge in [-0.1, -0.05) is 25.1 Å². The lowest BCUT2D eigenvalue weighted by Gasteiger charge is -2.17. The average Bonchev–Trinajstić information content (AvgIpc) is 3.36. The maximum Gasteiger partial charge on any atom is 0.241 e. The first-order valence-corrected chi connectivity index (χ1v) is 11.3. The van der Waals surface area contributed by atoms with Gasteiger partial charge in [0.1, 0.15) is 0 Å². The Labute approximate surface area is 190 Å². The highest BCUT2D eigenvalue weighted by Gasteiger charge is 2.17. The SMILES string of the molecule is CCCOc1ccccc1Oc1ncccc1CN=C(NCC)NCC(=O)N1CCCC1. The van der Waals surface area contributed by atoms with E-state index in [9.17, 15) is 4.79 Å². The van der Waals surface area contributed by atoms with Crippen molar-refractivity contribution in [1.82, 2.24) is 20.5 Å². The number of carbonyl (C=O) groups is 1. The zero-order valence-corrected chi connectivity index (χ0v) is 19.0. The van der Waals surface area contributed by atoms with Crippen LogP contribution in [-0.4, -0.2) is 54.5 Å². The minimum absolute atomic E-state index is 0.0992. The number of carbonyl (C=O) groups excluding carboxylic acids is 1. The molecule has 1 aliphatic rings. The van der Waals surface area contributed by atoms with Crippen molar-refractivity contribution in [3.8, 4) is 17.4 Å². The molecule has 1 aliphatic heterocycles. The fraction of sp³-hybridized carbons (Fsp3) is 0.458. The van der Waals surface area contributed by atoms with E-state index in [2.05, 4.69) is 27.5 Å². The summed E-state index contributed by atoms with van der Waals surface area (Å²) < 4.78 is 11.9. The highest BCUT2D eigenvalue weighted by atomic mass is 16.5. The van der Waals surface area contributed by atoms with Gasteiger partial charge in [0.2, 0.25) is 11.8 Å². The van der Waals surface area contributed by atoms with E-state index in [1.165, 1.54) is 0 Å². The molecular weight excluding hydrogens is 406 g/mol. The molecule has 0 spiro atoms. The third-order valence-corrected chi connectivity index (χ3v) is 4.99. The predicted octanol–water partition coefficient (Wildman–Crippen LogP) is 3.34. The quantitative estimate of drug-likeness (QED) is 0.436. The molecule has 32 heavy (non-hydrogen) atoms. The number of nitrogens with zero attached hydrogens (tertiary/aromatic N) is 3. The Balaban J connectivity index is 1.67. The smallest absolute Gasteiger partial charge is 0.241 e. The minimum atomic E-state index is 0.0992. The number of nitrogens with one attached hydrogen (secondary N) is 2. The molecular formula is C24H33N5O3. The fourth-order valence-corrected chi connectivity index (χ4v) is 3.35. The lowest BCUT2D eigenvalue weighted by molar-refractivity contribution is -0.128. The van der Waals surface area contributed by atoms with E-state index in [1.807, 2.05) is 48.2 Å². The van der Waals surface area contributed by atoms with Crippen LogP contribution in [0.25, 0.3) is 0 Å². The fourth-order valence-electron chi connectivity index (χ4n) is 3.35. The van der Waals surface area contributed by atoms with Crippen LogP contribution < -0.4 is 20.1 Å². The lowest BCUT2D eigenvalue weighted by atomic mass is 10.2. The number of guanidine groups is 1. The molecule has 0 aliphatic carbocycles. The van der Waals surface area contributed by atoms with E-state index in [1.54, 1.807) is 6.20 Å². The van der Waals surface area contributed by atoms with Crippen molar-refractivity contribution in [3.63, 3.8) is 0 Å². The highest BCUT2D eigenvalue weighted by molar-refractivity contribution is 5.86. The summed E-state index contributed by atoms with van der Waals surface area (Å²) in [6, 6.07) is 11.4. The molecule has 1 fully saturated rings. The Bertz CT molecular complexity index is 897. The Morgan fingerprint density at radius 1 is 1.09 bits per heavy atom. The highest BCUT2D eigenvalue weighted by Crippen LogP contribution is 2.32. The van der Waals surface area contributed by atoms with Gasteiger partial charge in [-0.25, -0.2) is 9.98 Å². The number of ether oxygens (including phenoxy) is 2. The summed E-state index contributed by atoms with van der Waals surface area (Å²) in [6.07, 6.45) is 4.77. The van der Waals surface area contributed by atoms with E-state index in [4.69, 9.17) is 9.47 Å². The minimum Gasteiger partial charge on any atom is -0.490 e. The van der Waals surface area contributed by atoms with Crippen molar-refractivity contribution in [2.75, 3.05) is 32.8 Å². The first kappa shape index (κ1) is 23.4. The Morgan fingerprint density at radius 2 is 1.88 bits per heavy atom. The molecule has 172 valence electrons. The van der Waals surface area contributed by atoms with Gasteiger partial charge in [0, 0.05) is 31.4 Å². The molecule has 8 nitrogen and oxygen atoms in total. The van der Waals surface area contributed by atoms with Gasteiger partial charge in [0.25, 0.3) is 0 Å². The molecule has 2 aromatic rings. The Morgan fingerprint density at radius 3 is 2.62 bits per heavy atom. The van der Waals surface area contributed by atoms with Crippen LogP contribution in [0.5, 0.6) is 17.4 Å². The monoisotopic (exact) mass is 439 g/mol. The van der Waals surface area contributed by atoms with Crippen molar-refractivity contribution < 1.29 is 14.3 Å². The van der Waals surface area contributed by atoms with Gasteiger partial charge in [0.15, 0.2) is 17.5 Å². The van der Waals surface area contributed by atoms with Crippen LogP contribution in [0.2, 0.25) is 0 Å². The van der Waals surface area contributed by atoms with Crippen molar-refractivity contribution in [1.29, 1.82) is 0 Å². The number of aliphatic imine (C=N–C) groups is 1. The zero-order valence-electron chi connectivity index (χ0n) is 19.0. The predicted molar refractivity (Wildman–Crippen MR) is 125 cm³/mol. The van der Waals surface area contributed by atoms with Gasteiger partial charge < -0.3 is 25.0 Å². The molecule has 0 bridgehead atoms. The summed E-state index contributed by atoms with van der Waals surface area (Å²) in [6.45, 7) is 7.63. The zero-order chi connectivity index (χ0) is 22.6. The molecule has 1 aromatic heterocycles. The van der Waals surface area contributed by atoms with Crippen LogP contribution in [0.15, 0.2) is 47.6 Å². The Hall–Kier alpha value is -3.29. The van der Waals surface area contributed by atoms with E-state index >= 15 is 0 Å². The van der Waals surface area contributed by atoms with Crippen molar-refractivity contribution >= 4 is 11.9 Å². The van der Waals surface area contributed by atoms with E-state index < -0.39 is 0 Å². The number of aromatic nitrogens is 1. The molecule has 0 atom stereocenters. The van der Waals surface area contributed by atoms with Crippen molar-refractivity contribution in [2.24, 2.45) is 4.99 Å². The number of likely N-dealkylation sites (tertiary alicyclic amines) is 1. The lowest BCUT2D eigenvalue weighted by Crippen LogP contribution is -2.44. The van der Waals surface area contributed by atoms with Crippen LogP contribution in [-0.2, 0) is 11.3 Å². The van der Waals surface area contributed by atoms with Crippen LogP contribution in [0, 0.1) is 0 Å². The molecule has 0 unspecified atom stereocenters. The normalized spacial score (nSPS) is 13.7. The third-order valence-electron chi connectivity index (χ3n) is 4.99. The summed E-state index contributed by atoms with van der Waals surface area (Å²) in [5.41, 5.74) is 0.834. The summed E-state index contributed by atoms with van der Waals surface area (Å²) in [5.74, 6) is 2.47. The third kappa shape index (κ3) is 6.87. The number of hydrogen-bond acceptors (Lipinski definition) is 5. The molecule has 2 heterocycles. The van der Waals surface area contributed by atoms with Gasteiger partial charge in [-0.3, -0.25) is 4.79 Å². The number of rotatable bonds is 10. The van der Waals surface area contributed by atoms with Crippen LogP contribution >= 0.6 is 0 Å². The van der Waals surface area contributed by atoms with Gasteiger partial charge in [-0.05, 0) is 44.4 Å². The summed E-state index contributed by atoms with van der Waals surface area (Å²) in [7, 11) is 0. The average molecular weight is 440 g/mol. The first-order valence-electron chi connectivity index (χ1n) is 11.3. The number of benzene rings is 1. The Kier molecular flexibility index (Phi) is 9.16. The van der Waals surface area contributed by atoms with Crippen molar-refractivity contribution in [3.05, 3.63) is 48.2 Å². The first-order chi connectivity index (χ1) is 15.7. The second kappa shape index (κ2) is 12.5. The van der Waals surface area contributed by atoms with E-state index in [0.717, 1.165) is 37.9 Å². The molecule has 3 rings (SSSR count). The summed E-state index contributed by atoms with van der Waals surface area (Å²) in [5, 5.41) is 6.32. The number of amides is 1. The second-order valence-corrected chi connectivity index (χ2v) is 7.50. The number of pyridine rings is 1. The molecule has 1 saturated heterocycles. The van der Waals surface area contributed by atoms with Gasteiger partial charge in [-0.15, -0.1) is 0 Å². The molecule has 2 N–H and O–H groups in total. The maximum atomic E-state index is 12.3. The van der Waals surface area contributed by atoms with Crippen molar-refractivity contribution in [2.45, 2.75) is 39.7 Å². The molecule has 0 radical (unpaired) electrons. The number of para-hydroxylation sites is 2. The van der Waals surface area contributed by atoms with Gasteiger partial charge in [0.05, 0.1) is 19.7 Å². The topological polar surface area (TPSA) is 88.1 Å². The van der Waals surface area contributed by atoms with E-state index in [-0.39, 0.29) is 12.5 Å². The van der Waals surface area contributed by atoms with Crippen LogP contribution in [0.3, 0.4) is 0 Å². The molecule has 1 amide bonds. The summed E-state index contributed by atoms with van der Waals surface area (Å²) >= 11 is 0. The molecule has 0 saturated carbocycles. The molecule has 8 heteroatoms. The van der Waals surface area contributed by atoms with Crippen LogP contribution in [0.4, 0.5) is 0 Å². The molecule has 1 aromatic carbocycles. The van der Waals surface area contributed by atoms with E-state index in [0.29, 0.717) is 43.0 Å². The standard InChI is InChI=1S/C24H33N5O3/c1-3-16-31-20-11-5-6-12-21(20)32-23-19(10-9-13-26-23)17-27-24(25-4-2)28-18-22(30)29-14-7-8-15-29/h5-6,9-13H,3-4,7-8,14-18H2,1-2H3,(H2,25,27,28).